The van der Waals surface area contributed by atoms with Gasteiger partial charge in [-0.25, -0.2) is 4.31 Å². The lowest BCUT2D eigenvalue weighted by Gasteiger charge is -2.27. The molecule has 0 spiro atoms. The van der Waals surface area contributed by atoms with Crippen LogP contribution in [0.25, 0.3) is 0 Å². The lowest BCUT2D eigenvalue weighted by molar-refractivity contribution is 0.482. The Morgan fingerprint density at radius 3 is 3.06 bits per heavy atom. The Bertz CT molecular complexity index is 528. The van der Waals surface area contributed by atoms with Crippen LogP contribution in [0.4, 0.5) is 5.69 Å². The minimum atomic E-state index is 0.888. The largest absolute Gasteiger partial charge is 0.456 e. The van der Waals surface area contributed by atoms with Gasteiger partial charge in [-0.3, -0.25) is 0 Å². The minimum absolute atomic E-state index is 0.888. The van der Waals surface area contributed by atoms with Gasteiger partial charge in [0.25, 0.3) is 0 Å². The van der Waals surface area contributed by atoms with E-state index in [-0.39, 0.29) is 0 Å². The van der Waals surface area contributed by atoms with Crippen LogP contribution in [0.2, 0.25) is 0 Å². The first-order valence-electron chi connectivity index (χ1n) is 5.86. The smallest absolute Gasteiger partial charge is 0.138 e. The Morgan fingerprint density at radius 2 is 2.28 bits per heavy atom. The molecule has 0 saturated heterocycles. The van der Waals surface area contributed by atoms with Crippen LogP contribution in [0.1, 0.15) is 6.92 Å². The van der Waals surface area contributed by atoms with E-state index in [4.69, 9.17) is 4.74 Å². The van der Waals surface area contributed by atoms with E-state index in [1.807, 2.05) is 22.9 Å². The minimum Gasteiger partial charge on any atom is -0.456 e. The van der Waals surface area contributed by atoms with Gasteiger partial charge in [0.15, 0.2) is 0 Å². The molecule has 3 rings (SSSR count). The Labute approximate surface area is 115 Å². The zero-order valence-electron chi connectivity index (χ0n) is 10.1. The molecule has 0 saturated carbocycles. The summed E-state index contributed by atoms with van der Waals surface area (Å²) in [7, 11) is 0. The summed E-state index contributed by atoms with van der Waals surface area (Å²) in [5.41, 5.74) is 1.18. The molecule has 1 aliphatic rings. The molecule has 0 atom stereocenters. The van der Waals surface area contributed by atoms with Gasteiger partial charge in [-0.05, 0) is 41.6 Å². The van der Waals surface area contributed by atoms with Crippen molar-refractivity contribution in [2.75, 3.05) is 18.5 Å². The fourth-order valence-corrected chi connectivity index (χ4v) is 3.25. The molecule has 2 heterocycles. The summed E-state index contributed by atoms with van der Waals surface area (Å²) in [6, 6.07) is 8.16. The van der Waals surface area contributed by atoms with E-state index in [1.165, 1.54) is 10.6 Å². The number of thiophene rings is 1. The summed E-state index contributed by atoms with van der Waals surface area (Å²) in [5.74, 6) is 1.79. The van der Waals surface area contributed by atoms with Gasteiger partial charge in [0.2, 0.25) is 0 Å². The van der Waals surface area contributed by atoms with Gasteiger partial charge in [0.05, 0.1) is 12.4 Å². The average Bonchev–Trinajstić information content (AvgIpc) is 2.90. The van der Waals surface area contributed by atoms with E-state index in [2.05, 4.69) is 28.7 Å². The van der Waals surface area contributed by atoms with Gasteiger partial charge in [0.1, 0.15) is 11.5 Å². The molecule has 3 nitrogen and oxygen atoms in total. The number of anilines is 1. The van der Waals surface area contributed by atoms with Crippen LogP contribution in [0.15, 0.2) is 39.9 Å². The van der Waals surface area contributed by atoms with E-state index in [0.29, 0.717) is 0 Å². The molecule has 1 aromatic carbocycles. The standard InChI is InChI=1S/C13H14N2OS2/c1-2-15-9-14-12-4-3-10(7-13(12)18-15)16-11-5-6-17-8-11/h3-8,14H,2,9H2,1H3. The van der Waals surface area contributed by atoms with Crippen molar-refractivity contribution in [3.8, 4) is 11.5 Å². The third-order valence-electron chi connectivity index (χ3n) is 2.71. The molecule has 5 heteroatoms. The van der Waals surface area contributed by atoms with Crippen molar-refractivity contribution in [2.45, 2.75) is 11.8 Å². The summed E-state index contributed by atoms with van der Waals surface area (Å²) in [5, 5.41) is 7.42. The molecule has 0 fully saturated rings. The van der Waals surface area contributed by atoms with Gasteiger partial charge < -0.3 is 10.1 Å². The van der Waals surface area contributed by atoms with Gasteiger partial charge in [0, 0.05) is 16.8 Å². The molecule has 0 bridgehead atoms. The summed E-state index contributed by atoms with van der Waals surface area (Å²) < 4.78 is 8.08. The zero-order valence-corrected chi connectivity index (χ0v) is 11.7. The highest BCUT2D eigenvalue weighted by molar-refractivity contribution is 7.97. The SMILES string of the molecule is CCN1CNc2ccc(Oc3ccsc3)cc2S1. The Balaban J connectivity index is 1.81. The van der Waals surface area contributed by atoms with E-state index >= 15 is 0 Å². The highest BCUT2D eigenvalue weighted by Gasteiger charge is 2.15. The van der Waals surface area contributed by atoms with Gasteiger partial charge in [-0.1, -0.05) is 6.92 Å². The van der Waals surface area contributed by atoms with Crippen LogP contribution in [-0.2, 0) is 0 Å². The van der Waals surface area contributed by atoms with Crippen molar-refractivity contribution in [3.05, 3.63) is 35.0 Å². The predicted molar refractivity (Wildman–Crippen MR) is 77.6 cm³/mol. The molecule has 0 unspecified atom stereocenters. The second-order valence-corrected chi connectivity index (χ2v) is 5.86. The lowest BCUT2D eigenvalue weighted by Crippen LogP contribution is -2.26. The highest BCUT2D eigenvalue weighted by atomic mass is 32.2. The van der Waals surface area contributed by atoms with Crippen LogP contribution >= 0.6 is 23.3 Å². The molecular weight excluding hydrogens is 264 g/mol. The van der Waals surface area contributed by atoms with Crippen LogP contribution in [0.3, 0.4) is 0 Å². The Hall–Kier alpha value is -1.17. The summed E-state index contributed by atoms with van der Waals surface area (Å²) in [4.78, 5) is 1.22. The summed E-state index contributed by atoms with van der Waals surface area (Å²) in [6.45, 7) is 4.07. The third-order valence-corrected chi connectivity index (χ3v) is 4.55. The number of benzene rings is 1. The molecule has 1 N–H and O–H groups in total. The van der Waals surface area contributed by atoms with Crippen LogP contribution < -0.4 is 10.1 Å². The normalized spacial score (nSPS) is 14.9. The maximum absolute atomic E-state index is 5.80. The summed E-state index contributed by atoms with van der Waals surface area (Å²) in [6.07, 6.45) is 0. The average molecular weight is 278 g/mol. The van der Waals surface area contributed by atoms with Crippen molar-refractivity contribution in [1.29, 1.82) is 0 Å². The highest BCUT2D eigenvalue weighted by Crippen LogP contribution is 2.37. The number of nitrogens with one attached hydrogen (secondary N) is 1. The van der Waals surface area contributed by atoms with Crippen molar-refractivity contribution in [1.82, 2.24) is 4.31 Å². The molecule has 0 aliphatic carbocycles. The number of ether oxygens (including phenoxy) is 1. The Kier molecular flexibility index (Phi) is 3.45. The first-order chi connectivity index (χ1) is 8.85. The van der Waals surface area contributed by atoms with Crippen molar-refractivity contribution in [3.63, 3.8) is 0 Å². The monoisotopic (exact) mass is 278 g/mol. The maximum Gasteiger partial charge on any atom is 0.138 e. The van der Waals surface area contributed by atoms with Gasteiger partial charge >= 0.3 is 0 Å². The third kappa shape index (κ3) is 2.48. The first kappa shape index (κ1) is 11.9. The predicted octanol–water partition coefficient (Wildman–Crippen LogP) is 4.25. The molecule has 0 amide bonds. The summed E-state index contributed by atoms with van der Waals surface area (Å²) >= 11 is 3.42. The van der Waals surface area contributed by atoms with E-state index in [9.17, 15) is 0 Å². The lowest BCUT2D eigenvalue weighted by atomic mass is 10.3. The number of fused-ring (bicyclic) bond motifs is 1. The molecule has 18 heavy (non-hydrogen) atoms. The fourth-order valence-electron chi connectivity index (χ4n) is 1.75. The topological polar surface area (TPSA) is 24.5 Å². The van der Waals surface area contributed by atoms with Crippen molar-refractivity contribution in [2.24, 2.45) is 0 Å². The number of hydrogen-bond donors (Lipinski definition) is 1. The molecule has 0 radical (unpaired) electrons. The number of nitrogens with zero attached hydrogens (tertiary/aromatic N) is 1. The van der Waals surface area contributed by atoms with E-state index < -0.39 is 0 Å². The van der Waals surface area contributed by atoms with Crippen LogP contribution in [0, 0.1) is 0 Å². The van der Waals surface area contributed by atoms with Gasteiger partial charge in [-0.15, -0.1) is 11.3 Å². The van der Waals surface area contributed by atoms with Crippen molar-refractivity contribution >= 4 is 29.0 Å². The maximum atomic E-state index is 5.80. The molecule has 94 valence electrons. The molecule has 1 aliphatic heterocycles. The second-order valence-electron chi connectivity index (χ2n) is 3.94. The second kappa shape index (κ2) is 5.22. The van der Waals surface area contributed by atoms with Crippen LogP contribution in [0.5, 0.6) is 11.5 Å². The molecule has 2 aromatic rings. The molecular formula is C13H14N2OS2. The Morgan fingerprint density at radius 1 is 1.33 bits per heavy atom. The fraction of sp³-hybridized carbons (Fsp3) is 0.231. The van der Waals surface area contributed by atoms with E-state index in [1.54, 1.807) is 23.3 Å². The molecule has 1 aromatic heterocycles. The van der Waals surface area contributed by atoms with Gasteiger partial charge in [-0.2, -0.15) is 0 Å². The quantitative estimate of drug-likeness (QED) is 0.848. The zero-order chi connectivity index (χ0) is 12.4. The van der Waals surface area contributed by atoms with E-state index in [0.717, 1.165) is 24.7 Å². The van der Waals surface area contributed by atoms with Crippen LogP contribution in [-0.4, -0.2) is 17.5 Å². The number of hydrogen-bond acceptors (Lipinski definition) is 5. The van der Waals surface area contributed by atoms with Crippen molar-refractivity contribution < 1.29 is 4.74 Å². The number of rotatable bonds is 3. The first-order valence-corrected chi connectivity index (χ1v) is 7.57.